The number of alkyl halides is 3. The van der Waals surface area contributed by atoms with Crippen LogP contribution in [-0.2, 0) is 32.3 Å². The van der Waals surface area contributed by atoms with Crippen LogP contribution in [0.2, 0.25) is 10.0 Å². The first kappa shape index (κ1) is 29.7. The Morgan fingerprint density at radius 2 is 1.75 bits per heavy atom. The fourth-order valence-corrected chi connectivity index (χ4v) is 4.43. The van der Waals surface area contributed by atoms with Crippen molar-refractivity contribution in [3.8, 4) is 0 Å². The first-order chi connectivity index (χ1) is 16.6. The molecule has 0 aliphatic rings. The quantitative estimate of drug-likeness (QED) is 0.450. The van der Waals surface area contributed by atoms with Gasteiger partial charge in [-0.25, -0.2) is 8.42 Å². The highest BCUT2D eigenvalue weighted by Crippen LogP contribution is 2.32. The van der Waals surface area contributed by atoms with E-state index < -0.39 is 46.2 Å². The fourth-order valence-electron chi connectivity index (χ4n) is 3.26. The van der Waals surface area contributed by atoms with Gasteiger partial charge in [0.2, 0.25) is 21.8 Å². The molecule has 0 radical (unpaired) electrons. The second kappa shape index (κ2) is 12.2. The SMILES string of the molecule is CCCNC(=O)[C@@H](C)N(Cc1ccc(Cl)c(Cl)c1)C(=O)CN(c1cccc(C(F)(F)F)c1)S(C)(=O)=O. The van der Waals surface area contributed by atoms with Crippen molar-refractivity contribution in [2.75, 3.05) is 23.7 Å². The maximum atomic E-state index is 13.4. The average molecular weight is 568 g/mol. The Balaban J connectivity index is 2.45. The van der Waals surface area contributed by atoms with Crippen LogP contribution < -0.4 is 9.62 Å². The van der Waals surface area contributed by atoms with Gasteiger partial charge in [-0.1, -0.05) is 42.3 Å². The maximum absolute atomic E-state index is 13.4. The molecule has 0 heterocycles. The van der Waals surface area contributed by atoms with Crippen molar-refractivity contribution < 1.29 is 31.2 Å². The molecule has 0 saturated carbocycles. The number of nitrogens with one attached hydrogen (secondary N) is 1. The molecule has 0 bridgehead atoms. The van der Waals surface area contributed by atoms with Crippen molar-refractivity contribution in [3.63, 3.8) is 0 Å². The van der Waals surface area contributed by atoms with Crippen LogP contribution in [0.15, 0.2) is 42.5 Å². The number of carbonyl (C=O) groups is 2. The summed E-state index contributed by atoms with van der Waals surface area (Å²) in [5, 5.41) is 3.17. The highest BCUT2D eigenvalue weighted by Gasteiger charge is 2.33. The molecule has 0 unspecified atom stereocenters. The van der Waals surface area contributed by atoms with Crippen LogP contribution in [0.25, 0.3) is 0 Å². The molecule has 0 aliphatic heterocycles. The van der Waals surface area contributed by atoms with Crippen LogP contribution in [0.3, 0.4) is 0 Å². The monoisotopic (exact) mass is 567 g/mol. The lowest BCUT2D eigenvalue weighted by Crippen LogP contribution is -2.51. The lowest BCUT2D eigenvalue weighted by molar-refractivity contribution is -0.139. The van der Waals surface area contributed by atoms with Gasteiger partial charge in [-0.15, -0.1) is 0 Å². The number of anilines is 1. The third kappa shape index (κ3) is 8.01. The van der Waals surface area contributed by atoms with Gasteiger partial charge in [0.05, 0.1) is 27.6 Å². The second-order valence-electron chi connectivity index (χ2n) is 8.05. The minimum atomic E-state index is -4.71. The lowest BCUT2D eigenvalue weighted by Gasteiger charge is -2.31. The van der Waals surface area contributed by atoms with E-state index in [1.807, 2.05) is 6.92 Å². The van der Waals surface area contributed by atoms with Crippen LogP contribution in [0.4, 0.5) is 18.9 Å². The van der Waals surface area contributed by atoms with E-state index in [4.69, 9.17) is 23.2 Å². The highest BCUT2D eigenvalue weighted by molar-refractivity contribution is 7.92. The summed E-state index contributed by atoms with van der Waals surface area (Å²) in [4.78, 5) is 27.2. The van der Waals surface area contributed by atoms with Crippen LogP contribution in [-0.4, -0.2) is 50.5 Å². The summed E-state index contributed by atoms with van der Waals surface area (Å²) < 4.78 is 65.2. The van der Waals surface area contributed by atoms with E-state index in [-0.39, 0.29) is 22.3 Å². The first-order valence-electron chi connectivity index (χ1n) is 10.8. The van der Waals surface area contributed by atoms with E-state index in [0.717, 1.165) is 29.4 Å². The Bertz CT molecular complexity index is 1210. The van der Waals surface area contributed by atoms with Gasteiger partial charge in [0.25, 0.3) is 0 Å². The Labute approximate surface area is 218 Å². The Morgan fingerprint density at radius 3 is 2.31 bits per heavy atom. The molecule has 0 aromatic heterocycles. The minimum Gasteiger partial charge on any atom is -0.354 e. The van der Waals surface area contributed by atoms with Gasteiger partial charge in [-0.05, 0) is 49.2 Å². The summed E-state index contributed by atoms with van der Waals surface area (Å²) in [5.74, 6) is -1.28. The number of rotatable bonds is 10. The standard InChI is InChI=1S/C23H26Cl2F3N3O4S/c1-4-10-29-22(33)15(2)30(13-16-8-9-19(24)20(25)11-16)21(32)14-31(36(3,34)35)18-7-5-6-17(12-18)23(26,27)28/h5-9,11-12,15H,4,10,13-14H2,1-3H3,(H,29,33)/t15-/m1/s1. The van der Waals surface area contributed by atoms with Crippen molar-refractivity contribution in [2.24, 2.45) is 0 Å². The van der Waals surface area contributed by atoms with Crippen molar-refractivity contribution >= 4 is 50.7 Å². The minimum absolute atomic E-state index is 0.128. The number of benzene rings is 2. The number of halogens is 5. The van der Waals surface area contributed by atoms with E-state index in [1.54, 1.807) is 6.07 Å². The Morgan fingerprint density at radius 1 is 1.08 bits per heavy atom. The summed E-state index contributed by atoms with van der Waals surface area (Å²) in [6.07, 6.45) is -3.28. The third-order valence-electron chi connectivity index (χ3n) is 5.19. The molecule has 0 spiro atoms. The van der Waals surface area contributed by atoms with Crippen LogP contribution in [0, 0.1) is 0 Å². The zero-order valence-corrected chi connectivity index (χ0v) is 22.1. The summed E-state index contributed by atoms with van der Waals surface area (Å²) in [5.41, 5.74) is -0.891. The van der Waals surface area contributed by atoms with E-state index in [0.29, 0.717) is 28.9 Å². The molecule has 1 N–H and O–H groups in total. The van der Waals surface area contributed by atoms with Gasteiger partial charge in [0.1, 0.15) is 12.6 Å². The molecule has 1 atom stereocenters. The highest BCUT2D eigenvalue weighted by atomic mass is 35.5. The molecule has 2 aromatic rings. The molecule has 7 nitrogen and oxygen atoms in total. The topological polar surface area (TPSA) is 86.8 Å². The van der Waals surface area contributed by atoms with E-state index in [1.165, 1.54) is 19.1 Å². The molecular weight excluding hydrogens is 542 g/mol. The third-order valence-corrected chi connectivity index (χ3v) is 7.07. The predicted octanol–water partition coefficient (Wildman–Crippen LogP) is 4.72. The summed E-state index contributed by atoms with van der Waals surface area (Å²) >= 11 is 12.0. The average Bonchev–Trinajstić information content (AvgIpc) is 2.79. The van der Waals surface area contributed by atoms with Gasteiger partial charge in [-0.3, -0.25) is 13.9 Å². The van der Waals surface area contributed by atoms with E-state index in [2.05, 4.69) is 5.32 Å². The molecule has 0 aliphatic carbocycles. The number of hydrogen-bond donors (Lipinski definition) is 1. The molecule has 2 rings (SSSR count). The molecule has 0 fully saturated rings. The molecule has 13 heteroatoms. The number of amides is 2. The van der Waals surface area contributed by atoms with E-state index >= 15 is 0 Å². The van der Waals surface area contributed by atoms with Gasteiger partial charge < -0.3 is 10.2 Å². The number of carbonyl (C=O) groups excluding carboxylic acids is 2. The summed E-state index contributed by atoms with van der Waals surface area (Å²) in [6.45, 7) is 2.72. The first-order valence-corrected chi connectivity index (χ1v) is 13.4. The summed E-state index contributed by atoms with van der Waals surface area (Å²) in [7, 11) is -4.17. The van der Waals surface area contributed by atoms with Gasteiger partial charge in [-0.2, -0.15) is 13.2 Å². The van der Waals surface area contributed by atoms with Gasteiger partial charge in [0, 0.05) is 13.1 Å². The van der Waals surface area contributed by atoms with Gasteiger partial charge >= 0.3 is 6.18 Å². The zero-order valence-electron chi connectivity index (χ0n) is 19.8. The molecule has 2 amide bonds. The second-order valence-corrected chi connectivity index (χ2v) is 10.8. The van der Waals surface area contributed by atoms with Crippen LogP contribution in [0.5, 0.6) is 0 Å². The molecule has 36 heavy (non-hydrogen) atoms. The molecule has 0 saturated heterocycles. The Kier molecular flexibility index (Phi) is 10.0. The normalized spacial score (nSPS) is 12.7. The van der Waals surface area contributed by atoms with Crippen molar-refractivity contribution in [3.05, 3.63) is 63.6 Å². The smallest absolute Gasteiger partial charge is 0.354 e. The molecule has 198 valence electrons. The van der Waals surface area contributed by atoms with Crippen LogP contribution >= 0.6 is 23.2 Å². The maximum Gasteiger partial charge on any atom is 0.416 e. The lowest BCUT2D eigenvalue weighted by atomic mass is 10.1. The zero-order chi connectivity index (χ0) is 27.3. The van der Waals surface area contributed by atoms with Crippen molar-refractivity contribution in [1.29, 1.82) is 0 Å². The Hall–Kier alpha value is -2.50. The van der Waals surface area contributed by atoms with Crippen molar-refractivity contribution in [1.82, 2.24) is 10.2 Å². The summed E-state index contributed by atoms with van der Waals surface area (Å²) in [6, 6.07) is 7.22. The van der Waals surface area contributed by atoms with E-state index in [9.17, 15) is 31.2 Å². The number of nitrogens with zero attached hydrogens (tertiary/aromatic N) is 2. The number of sulfonamides is 1. The molecule has 2 aromatic carbocycles. The largest absolute Gasteiger partial charge is 0.416 e. The van der Waals surface area contributed by atoms with Gasteiger partial charge in [0.15, 0.2) is 0 Å². The predicted molar refractivity (Wildman–Crippen MR) is 133 cm³/mol. The molecular formula is C23H26Cl2F3N3O4S. The van der Waals surface area contributed by atoms with Crippen LogP contribution in [0.1, 0.15) is 31.4 Å². The number of hydrogen-bond acceptors (Lipinski definition) is 4. The fraction of sp³-hybridized carbons (Fsp3) is 0.391. The van der Waals surface area contributed by atoms with Crippen molar-refractivity contribution in [2.45, 2.75) is 39.0 Å².